The summed E-state index contributed by atoms with van der Waals surface area (Å²) in [5.41, 5.74) is 3.29. The van der Waals surface area contributed by atoms with E-state index in [1.54, 1.807) is 14.2 Å². The largest absolute Gasteiger partial charge is 0.496 e. The lowest BCUT2D eigenvalue weighted by molar-refractivity contribution is 0.409. The minimum atomic E-state index is 0.777. The van der Waals surface area contributed by atoms with Crippen molar-refractivity contribution in [3.63, 3.8) is 0 Å². The van der Waals surface area contributed by atoms with Crippen LogP contribution >= 0.6 is 0 Å². The van der Waals surface area contributed by atoms with Crippen LogP contribution < -0.4 is 19.3 Å². The van der Waals surface area contributed by atoms with E-state index in [1.807, 2.05) is 12.1 Å². The number of para-hydroxylation sites is 1. The summed E-state index contributed by atoms with van der Waals surface area (Å²) in [6, 6.07) is 16.6. The molecule has 0 bridgehead atoms. The molecule has 5 nitrogen and oxygen atoms in total. The van der Waals surface area contributed by atoms with Crippen LogP contribution in [0.25, 0.3) is 10.9 Å². The van der Waals surface area contributed by atoms with Gasteiger partial charge in [0.05, 0.1) is 14.2 Å². The van der Waals surface area contributed by atoms with Gasteiger partial charge in [-0.2, -0.15) is 0 Å². The lowest BCUT2D eigenvalue weighted by Gasteiger charge is -2.37. The van der Waals surface area contributed by atoms with Gasteiger partial charge >= 0.3 is 0 Å². The number of rotatable bonds is 4. The van der Waals surface area contributed by atoms with Gasteiger partial charge in [0.2, 0.25) is 0 Å². The van der Waals surface area contributed by atoms with Crippen molar-refractivity contribution in [1.82, 2.24) is 4.98 Å². The first-order valence-corrected chi connectivity index (χ1v) is 9.28. The van der Waals surface area contributed by atoms with Crippen molar-refractivity contribution >= 4 is 22.4 Å². The van der Waals surface area contributed by atoms with E-state index in [4.69, 9.17) is 14.5 Å². The smallest absolute Gasteiger partial charge is 0.145 e. The van der Waals surface area contributed by atoms with Gasteiger partial charge in [0, 0.05) is 37.3 Å². The second-order valence-electron chi connectivity index (χ2n) is 6.80. The van der Waals surface area contributed by atoms with E-state index in [2.05, 4.69) is 53.1 Å². The summed E-state index contributed by atoms with van der Waals surface area (Å²) in [6.07, 6.45) is 0. The van der Waals surface area contributed by atoms with Crippen LogP contribution in [0, 0.1) is 6.92 Å². The van der Waals surface area contributed by atoms with Gasteiger partial charge in [0.25, 0.3) is 0 Å². The summed E-state index contributed by atoms with van der Waals surface area (Å²) in [7, 11) is 3.38. The van der Waals surface area contributed by atoms with Crippen LogP contribution in [0.1, 0.15) is 5.56 Å². The fourth-order valence-corrected chi connectivity index (χ4v) is 3.79. The van der Waals surface area contributed by atoms with Crippen LogP contribution in [0.4, 0.5) is 11.5 Å². The van der Waals surface area contributed by atoms with Crippen molar-refractivity contribution in [2.24, 2.45) is 0 Å². The Balaban J connectivity index is 1.63. The summed E-state index contributed by atoms with van der Waals surface area (Å²) in [5, 5.41) is 1.02. The Morgan fingerprint density at radius 1 is 0.815 bits per heavy atom. The zero-order chi connectivity index (χ0) is 18.8. The molecule has 0 radical (unpaired) electrons. The van der Waals surface area contributed by atoms with E-state index >= 15 is 0 Å². The molecule has 1 saturated heterocycles. The average molecular weight is 363 g/mol. The van der Waals surface area contributed by atoms with E-state index < -0.39 is 0 Å². The summed E-state index contributed by atoms with van der Waals surface area (Å²) in [5.74, 6) is 2.61. The Hall–Kier alpha value is -2.95. The maximum absolute atomic E-state index is 5.55. The highest BCUT2D eigenvalue weighted by molar-refractivity contribution is 5.94. The van der Waals surface area contributed by atoms with Crippen LogP contribution in [0.2, 0.25) is 0 Å². The number of pyridine rings is 1. The van der Waals surface area contributed by atoms with Gasteiger partial charge in [-0.3, -0.25) is 0 Å². The number of nitrogens with zero attached hydrogens (tertiary/aromatic N) is 3. The number of aromatic nitrogens is 1. The van der Waals surface area contributed by atoms with Gasteiger partial charge in [-0.25, -0.2) is 4.98 Å². The number of piperazine rings is 1. The lowest BCUT2D eigenvalue weighted by atomic mass is 10.1. The highest BCUT2D eigenvalue weighted by Gasteiger charge is 2.20. The lowest BCUT2D eigenvalue weighted by Crippen LogP contribution is -2.46. The van der Waals surface area contributed by atoms with Crippen LogP contribution in [0.15, 0.2) is 48.5 Å². The first kappa shape index (κ1) is 17.5. The van der Waals surface area contributed by atoms with Crippen LogP contribution in [-0.4, -0.2) is 45.4 Å². The molecule has 0 saturated carbocycles. The monoisotopic (exact) mass is 363 g/mol. The van der Waals surface area contributed by atoms with Crippen molar-refractivity contribution in [3.8, 4) is 11.5 Å². The second-order valence-corrected chi connectivity index (χ2v) is 6.80. The molecule has 0 spiro atoms. The average Bonchev–Trinajstić information content (AvgIpc) is 2.73. The predicted molar refractivity (Wildman–Crippen MR) is 110 cm³/mol. The number of hydrogen-bond donors (Lipinski definition) is 0. The summed E-state index contributed by atoms with van der Waals surface area (Å²) in [4.78, 5) is 9.72. The van der Waals surface area contributed by atoms with Crippen molar-refractivity contribution in [2.75, 3.05) is 50.2 Å². The Morgan fingerprint density at radius 3 is 2.11 bits per heavy atom. The number of hydrogen-bond acceptors (Lipinski definition) is 5. The Kier molecular flexibility index (Phi) is 4.75. The minimum absolute atomic E-state index is 0.777. The normalized spacial score (nSPS) is 14.5. The Labute approximate surface area is 160 Å². The van der Waals surface area contributed by atoms with Crippen molar-refractivity contribution < 1.29 is 9.47 Å². The SMILES string of the molecule is COc1ccc(OC)c2c(C)cc(N3CCN(c4ccccc4)CC3)nc12. The molecule has 1 aromatic heterocycles. The van der Waals surface area contributed by atoms with Gasteiger partial charge in [-0.1, -0.05) is 18.2 Å². The molecule has 2 heterocycles. The van der Waals surface area contributed by atoms with Crippen molar-refractivity contribution in [3.05, 3.63) is 54.1 Å². The maximum atomic E-state index is 5.55. The Morgan fingerprint density at radius 2 is 1.44 bits per heavy atom. The zero-order valence-corrected chi connectivity index (χ0v) is 16.1. The van der Waals surface area contributed by atoms with Gasteiger partial charge < -0.3 is 19.3 Å². The zero-order valence-electron chi connectivity index (χ0n) is 16.1. The molecule has 2 aromatic carbocycles. The molecule has 4 rings (SSSR count). The van der Waals surface area contributed by atoms with Crippen LogP contribution in [0.5, 0.6) is 11.5 Å². The molecule has 140 valence electrons. The fourth-order valence-electron chi connectivity index (χ4n) is 3.79. The second kappa shape index (κ2) is 7.35. The molecule has 1 fully saturated rings. The quantitative estimate of drug-likeness (QED) is 0.703. The van der Waals surface area contributed by atoms with E-state index in [0.29, 0.717) is 0 Å². The molecule has 27 heavy (non-hydrogen) atoms. The number of benzene rings is 2. The fraction of sp³-hybridized carbons (Fsp3) is 0.318. The molecule has 1 aliphatic heterocycles. The van der Waals surface area contributed by atoms with Crippen molar-refractivity contribution in [2.45, 2.75) is 6.92 Å². The number of methoxy groups -OCH3 is 2. The summed E-state index contributed by atoms with van der Waals surface area (Å²) in [6.45, 7) is 5.96. The van der Waals surface area contributed by atoms with Gasteiger partial charge in [0.1, 0.15) is 22.8 Å². The number of anilines is 2. The van der Waals surface area contributed by atoms with E-state index in [9.17, 15) is 0 Å². The maximum Gasteiger partial charge on any atom is 0.145 e. The molecule has 5 heteroatoms. The summed E-state index contributed by atoms with van der Waals surface area (Å²) < 4.78 is 11.1. The van der Waals surface area contributed by atoms with E-state index in [0.717, 1.165) is 60.0 Å². The molecule has 1 aliphatic rings. The molecule has 0 unspecified atom stereocenters. The standard InChI is InChI=1S/C22H25N3O2/c1-16-15-20(23-22-19(27-3)10-9-18(26-2)21(16)22)25-13-11-24(12-14-25)17-7-5-4-6-8-17/h4-10,15H,11-14H2,1-3H3. The predicted octanol–water partition coefficient (Wildman–Crippen LogP) is 3.89. The van der Waals surface area contributed by atoms with Crippen LogP contribution in [0.3, 0.4) is 0 Å². The van der Waals surface area contributed by atoms with E-state index in [-0.39, 0.29) is 0 Å². The number of aryl methyl sites for hydroxylation is 1. The number of fused-ring (bicyclic) bond motifs is 1. The Bertz CT molecular complexity index is 935. The van der Waals surface area contributed by atoms with Crippen LogP contribution in [-0.2, 0) is 0 Å². The first-order valence-electron chi connectivity index (χ1n) is 9.28. The van der Waals surface area contributed by atoms with E-state index in [1.165, 1.54) is 5.69 Å². The highest BCUT2D eigenvalue weighted by Crippen LogP contribution is 2.36. The van der Waals surface area contributed by atoms with Gasteiger partial charge in [-0.15, -0.1) is 0 Å². The molecular weight excluding hydrogens is 338 g/mol. The number of ether oxygens (including phenoxy) is 2. The third-order valence-electron chi connectivity index (χ3n) is 5.23. The molecular formula is C22H25N3O2. The molecule has 0 N–H and O–H groups in total. The summed E-state index contributed by atoms with van der Waals surface area (Å²) >= 11 is 0. The van der Waals surface area contributed by atoms with Crippen molar-refractivity contribution in [1.29, 1.82) is 0 Å². The third kappa shape index (κ3) is 3.25. The first-order chi connectivity index (χ1) is 13.2. The molecule has 0 amide bonds. The third-order valence-corrected chi connectivity index (χ3v) is 5.23. The molecule has 3 aromatic rings. The highest BCUT2D eigenvalue weighted by atomic mass is 16.5. The minimum Gasteiger partial charge on any atom is -0.496 e. The van der Waals surface area contributed by atoms with Gasteiger partial charge in [-0.05, 0) is 42.8 Å². The van der Waals surface area contributed by atoms with Gasteiger partial charge in [0.15, 0.2) is 0 Å². The molecule has 0 atom stereocenters. The molecule has 0 aliphatic carbocycles. The topological polar surface area (TPSA) is 37.8 Å².